The van der Waals surface area contributed by atoms with Crippen molar-refractivity contribution in [3.63, 3.8) is 0 Å². The third-order valence-electron chi connectivity index (χ3n) is 2.16. The molecule has 1 rings (SSSR count). The maximum atomic E-state index is 13.2. The second-order valence-electron chi connectivity index (χ2n) is 3.63. The van der Waals surface area contributed by atoms with E-state index in [0.717, 1.165) is 13.0 Å². The Balaban J connectivity index is 1.99. The van der Waals surface area contributed by atoms with Crippen molar-refractivity contribution < 1.29 is 13.9 Å². The van der Waals surface area contributed by atoms with E-state index in [0.29, 0.717) is 32.1 Å². The highest BCUT2D eigenvalue weighted by Gasteiger charge is 1.98. The Bertz CT molecular complexity index is 307. The zero-order valence-corrected chi connectivity index (χ0v) is 10.2. The largest absolute Gasteiger partial charge is 0.380 e. The van der Waals surface area contributed by atoms with Gasteiger partial charge in [0, 0.05) is 13.2 Å². The molecule has 0 saturated carbocycles. The van der Waals surface area contributed by atoms with Crippen LogP contribution in [0.15, 0.2) is 24.3 Å². The first-order chi connectivity index (χ1) is 8.34. The Morgan fingerprint density at radius 3 is 2.47 bits per heavy atom. The Labute approximate surface area is 102 Å². The minimum atomic E-state index is -0.237. The van der Waals surface area contributed by atoms with Gasteiger partial charge in [0.15, 0.2) is 0 Å². The van der Waals surface area contributed by atoms with E-state index in [-0.39, 0.29) is 5.82 Å². The molecule has 0 unspecified atom stereocenters. The number of ether oxygens (including phenoxy) is 2. The normalized spacial score (nSPS) is 10.5. The van der Waals surface area contributed by atoms with Crippen molar-refractivity contribution in [2.24, 2.45) is 0 Å². The molecule has 3 nitrogen and oxygen atoms in total. The summed E-state index contributed by atoms with van der Waals surface area (Å²) in [6.07, 6.45) is 1.02. The molecule has 0 radical (unpaired) electrons. The van der Waals surface area contributed by atoms with Crippen molar-refractivity contribution in [1.82, 2.24) is 0 Å². The van der Waals surface area contributed by atoms with Crippen LogP contribution in [0.1, 0.15) is 13.3 Å². The number of para-hydroxylation sites is 1. The highest BCUT2D eigenvalue weighted by molar-refractivity contribution is 5.44. The van der Waals surface area contributed by atoms with Gasteiger partial charge in [-0.1, -0.05) is 19.1 Å². The van der Waals surface area contributed by atoms with Crippen molar-refractivity contribution in [1.29, 1.82) is 0 Å². The number of benzene rings is 1. The van der Waals surface area contributed by atoms with E-state index in [1.807, 2.05) is 0 Å². The molecule has 0 aliphatic heterocycles. The molecule has 1 aromatic carbocycles. The fourth-order valence-corrected chi connectivity index (χ4v) is 1.33. The topological polar surface area (TPSA) is 30.5 Å². The van der Waals surface area contributed by atoms with Crippen molar-refractivity contribution >= 4 is 5.69 Å². The summed E-state index contributed by atoms with van der Waals surface area (Å²) in [7, 11) is 0. The summed E-state index contributed by atoms with van der Waals surface area (Å²) in [5.74, 6) is -0.237. The van der Waals surface area contributed by atoms with Crippen LogP contribution in [0.5, 0.6) is 0 Å². The SMILES string of the molecule is CCCOCCOCCNc1ccccc1F. The lowest BCUT2D eigenvalue weighted by atomic mass is 10.3. The molecule has 17 heavy (non-hydrogen) atoms. The Kier molecular flexibility index (Phi) is 7.34. The zero-order valence-electron chi connectivity index (χ0n) is 10.2. The minimum Gasteiger partial charge on any atom is -0.380 e. The van der Waals surface area contributed by atoms with Crippen LogP contribution in [-0.4, -0.2) is 33.0 Å². The van der Waals surface area contributed by atoms with E-state index in [2.05, 4.69) is 12.2 Å². The summed E-state index contributed by atoms with van der Waals surface area (Å²) in [6.45, 7) is 5.18. The van der Waals surface area contributed by atoms with Gasteiger partial charge < -0.3 is 14.8 Å². The smallest absolute Gasteiger partial charge is 0.146 e. The highest BCUT2D eigenvalue weighted by atomic mass is 19.1. The lowest BCUT2D eigenvalue weighted by Gasteiger charge is -2.08. The Morgan fingerprint density at radius 2 is 1.76 bits per heavy atom. The number of rotatable bonds is 9. The molecule has 96 valence electrons. The summed E-state index contributed by atoms with van der Waals surface area (Å²) in [4.78, 5) is 0. The standard InChI is InChI=1S/C13H20FNO2/c1-2-8-16-10-11-17-9-7-15-13-6-4-3-5-12(13)14/h3-6,15H,2,7-11H2,1H3. The van der Waals surface area contributed by atoms with Crippen LogP contribution in [0, 0.1) is 5.82 Å². The van der Waals surface area contributed by atoms with Gasteiger partial charge in [0.2, 0.25) is 0 Å². The molecule has 0 aliphatic carbocycles. The zero-order chi connectivity index (χ0) is 12.3. The second kappa shape index (κ2) is 8.96. The second-order valence-corrected chi connectivity index (χ2v) is 3.63. The predicted octanol–water partition coefficient (Wildman–Crippen LogP) is 2.68. The van der Waals surface area contributed by atoms with Crippen LogP contribution in [0.3, 0.4) is 0 Å². The van der Waals surface area contributed by atoms with E-state index in [4.69, 9.17) is 9.47 Å². The minimum absolute atomic E-state index is 0.237. The van der Waals surface area contributed by atoms with Gasteiger partial charge in [-0.2, -0.15) is 0 Å². The van der Waals surface area contributed by atoms with Crippen LogP contribution >= 0.6 is 0 Å². The van der Waals surface area contributed by atoms with Crippen molar-refractivity contribution in [3.05, 3.63) is 30.1 Å². The predicted molar refractivity (Wildman–Crippen MR) is 66.8 cm³/mol. The molecule has 0 aliphatic rings. The first-order valence-corrected chi connectivity index (χ1v) is 5.98. The molecule has 0 amide bonds. The molecular formula is C13H20FNO2. The van der Waals surface area contributed by atoms with Gasteiger partial charge in [0.25, 0.3) is 0 Å². The molecular weight excluding hydrogens is 221 g/mol. The number of nitrogens with one attached hydrogen (secondary N) is 1. The monoisotopic (exact) mass is 241 g/mol. The fraction of sp³-hybridized carbons (Fsp3) is 0.538. The Hall–Kier alpha value is -1.13. The third-order valence-corrected chi connectivity index (χ3v) is 2.16. The maximum Gasteiger partial charge on any atom is 0.146 e. The van der Waals surface area contributed by atoms with Gasteiger partial charge in [0.1, 0.15) is 5.82 Å². The molecule has 1 N–H and O–H groups in total. The number of halogens is 1. The number of anilines is 1. The van der Waals surface area contributed by atoms with Crippen LogP contribution in [-0.2, 0) is 9.47 Å². The summed E-state index contributed by atoms with van der Waals surface area (Å²) < 4.78 is 23.8. The average Bonchev–Trinajstić information content (AvgIpc) is 2.35. The van der Waals surface area contributed by atoms with Crippen molar-refractivity contribution in [2.45, 2.75) is 13.3 Å². The Morgan fingerprint density at radius 1 is 1.06 bits per heavy atom. The van der Waals surface area contributed by atoms with E-state index in [9.17, 15) is 4.39 Å². The van der Waals surface area contributed by atoms with Crippen LogP contribution < -0.4 is 5.32 Å². The van der Waals surface area contributed by atoms with Crippen LogP contribution in [0.25, 0.3) is 0 Å². The third kappa shape index (κ3) is 6.24. The fourth-order valence-electron chi connectivity index (χ4n) is 1.33. The molecule has 0 fully saturated rings. The number of hydrogen-bond acceptors (Lipinski definition) is 3. The van der Waals surface area contributed by atoms with Gasteiger partial charge in [-0.3, -0.25) is 0 Å². The van der Waals surface area contributed by atoms with Crippen LogP contribution in [0.4, 0.5) is 10.1 Å². The lowest BCUT2D eigenvalue weighted by molar-refractivity contribution is 0.0519. The highest BCUT2D eigenvalue weighted by Crippen LogP contribution is 2.11. The van der Waals surface area contributed by atoms with E-state index in [1.165, 1.54) is 6.07 Å². The summed E-state index contributed by atoms with van der Waals surface area (Å²) in [5.41, 5.74) is 0.512. The molecule has 0 heterocycles. The molecule has 0 spiro atoms. The van der Waals surface area contributed by atoms with E-state index in [1.54, 1.807) is 18.2 Å². The summed E-state index contributed by atoms with van der Waals surface area (Å²) in [5, 5.41) is 2.97. The molecule has 4 heteroatoms. The summed E-state index contributed by atoms with van der Waals surface area (Å²) >= 11 is 0. The van der Waals surface area contributed by atoms with Gasteiger partial charge in [-0.05, 0) is 18.6 Å². The van der Waals surface area contributed by atoms with Crippen LogP contribution in [0.2, 0.25) is 0 Å². The quantitative estimate of drug-likeness (QED) is 0.674. The van der Waals surface area contributed by atoms with Gasteiger partial charge >= 0.3 is 0 Å². The molecule has 0 saturated heterocycles. The van der Waals surface area contributed by atoms with Gasteiger partial charge in [-0.15, -0.1) is 0 Å². The molecule has 1 aromatic rings. The first kappa shape index (κ1) is 13.9. The molecule has 0 bridgehead atoms. The van der Waals surface area contributed by atoms with Gasteiger partial charge in [-0.25, -0.2) is 4.39 Å². The maximum absolute atomic E-state index is 13.2. The number of hydrogen-bond donors (Lipinski definition) is 1. The van der Waals surface area contributed by atoms with Gasteiger partial charge in [0.05, 0.1) is 25.5 Å². The average molecular weight is 241 g/mol. The first-order valence-electron chi connectivity index (χ1n) is 5.98. The lowest BCUT2D eigenvalue weighted by Crippen LogP contribution is -2.13. The van der Waals surface area contributed by atoms with Crippen molar-refractivity contribution in [3.8, 4) is 0 Å². The summed E-state index contributed by atoms with van der Waals surface area (Å²) in [6, 6.07) is 6.61. The molecule has 0 atom stereocenters. The van der Waals surface area contributed by atoms with E-state index < -0.39 is 0 Å². The van der Waals surface area contributed by atoms with E-state index >= 15 is 0 Å². The van der Waals surface area contributed by atoms with Crippen molar-refractivity contribution in [2.75, 3.05) is 38.3 Å². The molecule has 0 aromatic heterocycles.